The van der Waals surface area contributed by atoms with Gasteiger partial charge >= 0.3 is 0 Å². The molecule has 0 aliphatic carbocycles. The molecule has 0 aromatic rings. The number of hydrogen-bond donors (Lipinski definition) is 3. The van der Waals surface area contributed by atoms with Crippen LogP contribution in [0.25, 0.3) is 0 Å². The molecule has 72 valence electrons. The van der Waals surface area contributed by atoms with Gasteiger partial charge in [-0.25, -0.2) is 0 Å². The summed E-state index contributed by atoms with van der Waals surface area (Å²) in [6.07, 6.45) is 0. The van der Waals surface area contributed by atoms with Crippen LogP contribution in [0.1, 0.15) is 0 Å². The Hall–Kier alpha value is 1.01. The highest BCUT2D eigenvalue weighted by Gasteiger charge is 1.52. The molecule has 0 aromatic carbocycles. The van der Waals surface area contributed by atoms with E-state index in [1.165, 1.54) is 0 Å². The lowest BCUT2D eigenvalue weighted by atomic mass is 11.1. The summed E-state index contributed by atoms with van der Waals surface area (Å²) in [5, 5.41) is 6.06. The first-order chi connectivity index (χ1) is 1.73. The van der Waals surface area contributed by atoms with E-state index in [0.717, 1.165) is 0 Å². The zero-order chi connectivity index (χ0) is 3.58. The summed E-state index contributed by atoms with van der Waals surface area (Å²) in [6.45, 7) is 0. The summed E-state index contributed by atoms with van der Waals surface area (Å²) < 4.78 is 0. The van der Waals surface area contributed by atoms with Crippen molar-refractivity contribution in [2.75, 3.05) is 0 Å². The molecule has 10 heavy (non-hydrogen) atoms. The first kappa shape index (κ1) is 68.6. The number of guanidine groups is 1. The standard InChI is InChI=1S/CH5N3.6ClH/c2-1(3)4;;;;;;/h(H5,2,3,4);6*1H. The summed E-state index contributed by atoms with van der Waals surface area (Å²) in [4.78, 5) is 0. The zero-order valence-electron chi connectivity index (χ0n) is 4.60. The van der Waals surface area contributed by atoms with Gasteiger partial charge in [0.25, 0.3) is 0 Å². The fourth-order valence-corrected chi connectivity index (χ4v) is 0. The second-order valence-electron chi connectivity index (χ2n) is 0.455. The predicted molar refractivity (Wildman–Crippen MR) is 59.6 cm³/mol. The van der Waals surface area contributed by atoms with Gasteiger partial charge < -0.3 is 11.5 Å². The number of nitrogens with two attached hydrogens (primary N) is 2. The molecule has 3 nitrogen and oxygen atoms in total. The molecule has 0 saturated heterocycles. The third-order valence-electron chi connectivity index (χ3n) is 0. The van der Waals surface area contributed by atoms with Crippen molar-refractivity contribution in [1.29, 1.82) is 5.41 Å². The van der Waals surface area contributed by atoms with Gasteiger partial charge in [-0.15, -0.1) is 74.4 Å². The maximum atomic E-state index is 6.06. The van der Waals surface area contributed by atoms with Crippen molar-refractivity contribution in [1.82, 2.24) is 0 Å². The lowest BCUT2D eigenvalue weighted by molar-refractivity contribution is 1.39. The Morgan fingerprint density at radius 1 is 0.700 bits per heavy atom. The molecule has 0 amide bonds. The molecular formula is CH11Cl6N3. The maximum absolute atomic E-state index is 6.06. The predicted octanol–water partition coefficient (Wildman–Crippen LogP) is 1.37. The molecule has 0 spiro atoms. The van der Waals surface area contributed by atoms with Crippen LogP contribution in [-0.2, 0) is 0 Å². The molecule has 0 aromatic heterocycles. The molecule has 0 saturated carbocycles. The summed E-state index contributed by atoms with van der Waals surface area (Å²) in [5.41, 5.74) is 8.94. The molecule has 0 fully saturated rings. The van der Waals surface area contributed by atoms with Crippen molar-refractivity contribution in [3.8, 4) is 0 Å². The van der Waals surface area contributed by atoms with Crippen molar-refractivity contribution in [3.63, 3.8) is 0 Å². The van der Waals surface area contributed by atoms with Crippen LogP contribution in [0.15, 0.2) is 0 Å². The van der Waals surface area contributed by atoms with E-state index in [4.69, 9.17) is 5.41 Å². The van der Waals surface area contributed by atoms with Crippen LogP contribution in [0.5, 0.6) is 0 Å². The summed E-state index contributed by atoms with van der Waals surface area (Å²) in [6, 6.07) is 0. The Morgan fingerprint density at radius 3 is 0.700 bits per heavy atom. The lowest BCUT2D eigenvalue weighted by Gasteiger charge is -1.69. The fraction of sp³-hybridized carbons (Fsp3) is 0. The van der Waals surface area contributed by atoms with E-state index in [9.17, 15) is 0 Å². The Labute approximate surface area is 97.0 Å². The highest BCUT2D eigenvalue weighted by molar-refractivity contribution is 5.86. The molecule has 9 heteroatoms. The minimum Gasteiger partial charge on any atom is -0.370 e. The average Bonchev–Trinajstić information content (AvgIpc) is 0.811. The van der Waals surface area contributed by atoms with Gasteiger partial charge in [0.05, 0.1) is 0 Å². The molecule has 5 N–H and O–H groups in total. The van der Waals surface area contributed by atoms with Crippen molar-refractivity contribution < 1.29 is 0 Å². The Morgan fingerprint density at radius 2 is 0.700 bits per heavy atom. The quantitative estimate of drug-likeness (QED) is 0.462. The monoisotopic (exact) mass is 275 g/mol. The third kappa shape index (κ3) is 567. The van der Waals surface area contributed by atoms with Crippen molar-refractivity contribution in [2.45, 2.75) is 0 Å². The van der Waals surface area contributed by atoms with Crippen LogP contribution in [0.2, 0.25) is 0 Å². The molecule has 0 atom stereocenters. The fourth-order valence-electron chi connectivity index (χ4n) is 0. The molecule has 0 rings (SSSR count). The maximum Gasteiger partial charge on any atom is 0.183 e. The summed E-state index contributed by atoms with van der Waals surface area (Å²) in [5.74, 6) is -0.333. The van der Waals surface area contributed by atoms with E-state index < -0.39 is 0 Å². The van der Waals surface area contributed by atoms with Gasteiger partial charge in [0.15, 0.2) is 5.96 Å². The van der Waals surface area contributed by atoms with Gasteiger partial charge in [-0.1, -0.05) is 0 Å². The highest BCUT2D eigenvalue weighted by Crippen LogP contribution is 1.13. The summed E-state index contributed by atoms with van der Waals surface area (Å²) in [7, 11) is 0. The summed E-state index contributed by atoms with van der Waals surface area (Å²) >= 11 is 0. The Balaban J connectivity index is -0.00000000300. The first-order valence-corrected chi connectivity index (χ1v) is 0.827. The van der Waals surface area contributed by atoms with Crippen LogP contribution in [-0.4, -0.2) is 5.96 Å². The molecule has 0 aliphatic rings. The molecule has 0 bridgehead atoms. The van der Waals surface area contributed by atoms with Crippen LogP contribution in [0.3, 0.4) is 0 Å². The minimum atomic E-state index is -0.333. The second-order valence-corrected chi connectivity index (χ2v) is 0.455. The van der Waals surface area contributed by atoms with E-state index in [-0.39, 0.29) is 80.4 Å². The normalized spacial score (nSPS) is 2.40. The number of rotatable bonds is 0. The zero-order valence-corrected chi connectivity index (χ0v) is 9.50. The smallest absolute Gasteiger partial charge is 0.183 e. The van der Waals surface area contributed by atoms with Crippen molar-refractivity contribution >= 4 is 80.4 Å². The Bertz CT molecular complexity index is 36.0. The van der Waals surface area contributed by atoms with Crippen LogP contribution >= 0.6 is 74.4 Å². The van der Waals surface area contributed by atoms with E-state index >= 15 is 0 Å². The van der Waals surface area contributed by atoms with Gasteiger partial charge in [0.2, 0.25) is 0 Å². The molecule has 0 radical (unpaired) electrons. The number of nitrogens with one attached hydrogen (secondary N) is 1. The van der Waals surface area contributed by atoms with Gasteiger partial charge in [0, 0.05) is 0 Å². The minimum absolute atomic E-state index is 0. The van der Waals surface area contributed by atoms with E-state index in [1.807, 2.05) is 0 Å². The van der Waals surface area contributed by atoms with Gasteiger partial charge in [-0.2, -0.15) is 0 Å². The lowest BCUT2D eigenvalue weighted by Crippen LogP contribution is -2.20. The van der Waals surface area contributed by atoms with Gasteiger partial charge in [0.1, 0.15) is 0 Å². The first-order valence-electron chi connectivity index (χ1n) is 0.827. The van der Waals surface area contributed by atoms with E-state index in [2.05, 4.69) is 11.5 Å². The van der Waals surface area contributed by atoms with Crippen LogP contribution in [0, 0.1) is 5.41 Å². The van der Waals surface area contributed by atoms with E-state index in [1.54, 1.807) is 0 Å². The SMILES string of the molecule is Cl.Cl.Cl.Cl.Cl.Cl.N=C(N)N. The highest BCUT2D eigenvalue weighted by atomic mass is 35.5. The second kappa shape index (κ2) is 50.5. The average molecular weight is 278 g/mol. The van der Waals surface area contributed by atoms with Crippen LogP contribution in [0.4, 0.5) is 0 Å². The topological polar surface area (TPSA) is 75.9 Å². The van der Waals surface area contributed by atoms with Gasteiger partial charge in [-0.3, -0.25) is 5.41 Å². The van der Waals surface area contributed by atoms with Crippen LogP contribution < -0.4 is 11.5 Å². The number of halogens is 6. The number of hydrogen-bond acceptors (Lipinski definition) is 1. The van der Waals surface area contributed by atoms with Crippen molar-refractivity contribution in [3.05, 3.63) is 0 Å². The molecular weight excluding hydrogens is 267 g/mol. The van der Waals surface area contributed by atoms with E-state index in [0.29, 0.717) is 0 Å². The molecule has 0 unspecified atom stereocenters. The van der Waals surface area contributed by atoms with Crippen molar-refractivity contribution in [2.24, 2.45) is 11.5 Å². The largest absolute Gasteiger partial charge is 0.370 e. The molecule has 0 heterocycles. The molecule has 0 aliphatic heterocycles. The van der Waals surface area contributed by atoms with Gasteiger partial charge in [-0.05, 0) is 0 Å². The Kier molecular flexibility index (Phi) is 347. The third-order valence-corrected chi connectivity index (χ3v) is 0.